The van der Waals surface area contributed by atoms with Crippen molar-refractivity contribution >= 4 is 6.03 Å². The highest BCUT2D eigenvalue weighted by Gasteiger charge is 1.99. The zero-order valence-corrected chi connectivity index (χ0v) is 5.42. The average Bonchev–Trinajstić information content (AvgIpc) is 1.90. The molecule has 0 aromatic heterocycles. The summed E-state index contributed by atoms with van der Waals surface area (Å²) in [6.45, 7) is 6.79. The van der Waals surface area contributed by atoms with Gasteiger partial charge in [0.25, 0.3) is 0 Å². The lowest BCUT2D eigenvalue weighted by molar-refractivity contribution is 0.228. The molecule has 0 aromatic carbocycles. The van der Waals surface area contributed by atoms with Crippen molar-refractivity contribution in [2.75, 3.05) is 7.05 Å². The maximum atomic E-state index is 10.6. The van der Waals surface area contributed by atoms with Crippen LogP contribution >= 0.6 is 0 Å². The number of hydrogen-bond acceptors (Lipinski definition) is 1. The summed E-state index contributed by atoms with van der Waals surface area (Å²) in [5.41, 5.74) is 0. The van der Waals surface area contributed by atoms with Crippen molar-refractivity contribution in [1.29, 1.82) is 0 Å². The highest BCUT2D eigenvalue weighted by molar-refractivity contribution is 5.75. The fourth-order valence-electron chi connectivity index (χ4n) is 0.369. The maximum absolute atomic E-state index is 10.6. The van der Waals surface area contributed by atoms with Gasteiger partial charge >= 0.3 is 6.03 Å². The zero-order chi connectivity index (χ0) is 7.28. The van der Waals surface area contributed by atoms with Crippen molar-refractivity contribution in [3.63, 3.8) is 0 Å². The number of urea groups is 1. The lowest BCUT2D eigenvalue weighted by Crippen LogP contribution is -2.29. The molecular formula is C6H10N2O. The number of nitrogens with one attached hydrogen (secondary N) is 1. The summed E-state index contributed by atoms with van der Waals surface area (Å²) in [5, 5.41) is 2.41. The van der Waals surface area contributed by atoms with Gasteiger partial charge in [0.15, 0.2) is 0 Å². The monoisotopic (exact) mass is 126 g/mol. The van der Waals surface area contributed by atoms with Crippen molar-refractivity contribution in [3.8, 4) is 0 Å². The van der Waals surface area contributed by atoms with Gasteiger partial charge in [-0.25, -0.2) is 4.79 Å². The summed E-state index contributed by atoms with van der Waals surface area (Å²) in [5.74, 6) is 0. The van der Waals surface area contributed by atoms with Gasteiger partial charge in [-0.15, -0.1) is 0 Å². The van der Waals surface area contributed by atoms with E-state index in [2.05, 4.69) is 18.5 Å². The molecule has 0 heterocycles. The molecule has 0 aromatic rings. The minimum absolute atomic E-state index is 0.236. The van der Waals surface area contributed by atoms with Crippen molar-refractivity contribution in [2.45, 2.75) is 0 Å². The molecule has 3 heteroatoms. The normalized spacial score (nSPS) is 7.67. The maximum Gasteiger partial charge on any atom is 0.325 e. The van der Waals surface area contributed by atoms with Gasteiger partial charge in [0.1, 0.15) is 0 Å². The Hall–Kier alpha value is -1.25. The molecule has 1 N–H and O–H groups in total. The Bertz CT molecular complexity index is 123. The first-order chi connectivity index (χ1) is 4.26. The van der Waals surface area contributed by atoms with E-state index in [1.807, 2.05) is 0 Å². The molecule has 0 saturated carbocycles. The molecule has 2 amide bonds. The molecule has 3 nitrogen and oxygen atoms in total. The first kappa shape index (κ1) is 7.75. The molecule has 0 saturated heterocycles. The van der Waals surface area contributed by atoms with Gasteiger partial charge in [0.2, 0.25) is 0 Å². The van der Waals surface area contributed by atoms with Gasteiger partial charge in [-0.05, 0) is 0 Å². The van der Waals surface area contributed by atoms with Crippen LogP contribution in [0.1, 0.15) is 0 Å². The quantitative estimate of drug-likeness (QED) is 0.586. The SMILES string of the molecule is C=CN(C=C)C(=O)NC. The van der Waals surface area contributed by atoms with E-state index in [1.165, 1.54) is 17.3 Å². The summed E-state index contributed by atoms with van der Waals surface area (Å²) < 4.78 is 0. The molecule has 0 bridgehead atoms. The molecule has 0 rings (SSSR count). The molecule has 0 aliphatic carbocycles. The third-order valence-electron chi connectivity index (χ3n) is 0.842. The van der Waals surface area contributed by atoms with Crippen LogP contribution in [0.4, 0.5) is 4.79 Å². The van der Waals surface area contributed by atoms with Gasteiger partial charge < -0.3 is 5.32 Å². The Morgan fingerprint density at radius 3 is 2.11 bits per heavy atom. The van der Waals surface area contributed by atoms with Crippen LogP contribution in [0.15, 0.2) is 25.6 Å². The van der Waals surface area contributed by atoms with Crippen molar-refractivity contribution in [2.24, 2.45) is 0 Å². The van der Waals surface area contributed by atoms with Crippen LogP contribution in [0.3, 0.4) is 0 Å². The van der Waals surface area contributed by atoms with Crippen LogP contribution in [0.25, 0.3) is 0 Å². The Kier molecular flexibility index (Phi) is 3.20. The van der Waals surface area contributed by atoms with Crippen LogP contribution in [0, 0.1) is 0 Å². The second-order valence-electron chi connectivity index (χ2n) is 1.33. The highest BCUT2D eigenvalue weighted by atomic mass is 16.2. The number of nitrogens with zero attached hydrogens (tertiary/aromatic N) is 1. The summed E-state index contributed by atoms with van der Waals surface area (Å²) in [7, 11) is 1.54. The van der Waals surface area contributed by atoms with Gasteiger partial charge in [-0.3, -0.25) is 4.90 Å². The zero-order valence-electron chi connectivity index (χ0n) is 5.42. The van der Waals surface area contributed by atoms with Crippen LogP contribution in [0.2, 0.25) is 0 Å². The minimum Gasteiger partial charge on any atom is -0.340 e. The molecule has 0 spiro atoms. The van der Waals surface area contributed by atoms with Crippen LogP contribution in [-0.4, -0.2) is 18.0 Å². The molecule has 0 aliphatic heterocycles. The first-order valence-corrected chi connectivity index (χ1v) is 2.51. The minimum atomic E-state index is -0.236. The number of carbonyl (C=O) groups is 1. The van der Waals surface area contributed by atoms with Crippen molar-refractivity contribution in [1.82, 2.24) is 10.2 Å². The number of hydrogen-bond donors (Lipinski definition) is 1. The largest absolute Gasteiger partial charge is 0.340 e. The number of rotatable bonds is 2. The second-order valence-corrected chi connectivity index (χ2v) is 1.33. The predicted octanol–water partition coefficient (Wildman–Crippen LogP) is 0.915. The third-order valence-corrected chi connectivity index (χ3v) is 0.842. The van der Waals surface area contributed by atoms with E-state index < -0.39 is 0 Å². The Morgan fingerprint density at radius 1 is 1.56 bits per heavy atom. The van der Waals surface area contributed by atoms with Gasteiger partial charge in [-0.2, -0.15) is 0 Å². The standard InChI is InChI=1S/C6H10N2O/c1-4-8(5-2)6(9)7-3/h4-5H,1-2H2,3H3,(H,7,9). The Balaban J connectivity index is 3.93. The third kappa shape index (κ3) is 1.99. The lowest BCUT2D eigenvalue weighted by Gasteiger charge is -2.09. The van der Waals surface area contributed by atoms with Crippen molar-refractivity contribution in [3.05, 3.63) is 25.6 Å². The van der Waals surface area contributed by atoms with Crippen molar-refractivity contribution < 1.29 is 4.79 Å². The smallest absolute Gasteiger partial charge is 0.325 e. The number of amides is 2. The Labute approximate surface area is 54.7 Å². The van der Waals surface area contributed by atoms with E-state index in [0.717, 1.165) is 0 Å². The van der Waals surface area contributed by atoms with E-state index in [-0.39, 0.29) is 6.03 Å². The van der Waals surface area contributed by atoms with Crippen LogP contribution in [0.5, 0.6) is 0 Å². The molecule has 0 unspecified atom stereocenters. The number of carbonyl (C=O) groups excluding carboxylic acids is 1. The fourth-order valence-corrected chi connectivity index (χ4v) is 0.369. The summed E-state index contributed by atoms with van der Waals surface area (Å²) in [6.07, 6.45) is 2.76. The summed E-state index contributed by atoms with van der Waals surface area (Å²) in [6, 6.07) is -0.236. The molecule has 0 aliphatic rings. The molecular weight excluding hydrogens is 116 g/mol. The van der Waals surface area contributed by atoms with E-state index in [0.29, 0.717) is 0 Å². The van der Waals surface area contributed by atoms with Crippen LogP contribution < -0.4 is 5.32 Å². The summed E-state index contributed by atoms with van der Waals surface area (Å²) >= 11 is 0. The fraction of sp³-hybridized carbons (Fsp3) is 0.167. The molecule has 0 fully saturated rings. The predicted molar refractivity (Wildman–Crippen MR) is 36.7 cm³/mol. The van der Waals surface area contributed by atoms with Gasteiger partial charge in [0.05, 0.1) is 0 Å². The molecule has 9 heavy (non-hydrogen) atoms. The van der Waals surface area contributed by atoms with Gasteiger partial charge in [-0.1, -0.05) is 13.2 Å². The van der Waals surface area contributed by atoms with E-state index in [1.54, 1.807) is 7.05 Å². The lowest BCUT2D eigenvalue weighted by atomic mass is 10.7. The average molecular weight is 126 g/mol. The second kappa shape index (κ2) is 3.72. The topological polar surface area (TPSA) is 32.3 Å². The molecule has 0 atom stereocenters. The van der Waals surface area contributed by atoms with E-state index >= 15 is 0 Å². The molecule has 50 valence electrons. The van der Waals surface area contributed by atoms with Gasteiger partial charge in [0, 0.05) is 19.4 Å². The van der Waals surface area contributed by atoms with E-state index in [4.69, 9.17) is 0 Å². The Morgan fingerprint density at radius 2 is 2.00 bits per heavy atom. The highest BCUT2D eigenvalue weighted by Crippen LogP contribution is 1.87. The molecule has 0 radical (unpaired) electrons. The van der Waals surface area contributed by atoms with E-state index in [9.17, 15) is 4.79 Å². The first-order valence-electron chi connectivity index (χ1n) is 2.51. The summed E-state index contributed by atoms with van der Waals surface area (Å²) in [4.78, 5) is 11.9. The van der Waals surface area contributed by atoms with Crippen LogP contribution in [-0.2, 0) is 0 Å².